The zero-order valence-electron chi connectivity index (χ0n) is 19.7. The van der Waals surface area contributed by atoms with Gasteiger partial charge in [-0.2, -0.15) is 0 Å². The summed E-state index contributed by atoms with van der Waals surface area (Å²) in [4.78, 5) is 0. The molecule has 0 nitrogen and oxygen atoms in total. The van der Waals surface area contributed by atoms with Crippen molar-refractivity contribution in [2.45, 2.75) is 0 Å². The van der Waals surface area contributed by atoms with Crippen LogP contribution in [0, 0.1) is 0 Å². The zero-order valence-corrected chi connectivity index (χ0v) is 19.7. The molecule has 36 heavy (non-hydrogen) atoms. The maximum atomic E-state index is 2.41. The Bertz CT molecular complexity index is 2070. The van der Waals surface area contributed by atoms with Crippen LogP contribution in [0.4, 0.5) is 0 Å². The van der Waals surface area contributed by atoms with Gasteiger partial charge < -0.3 is 0 Å². The molecular formula is C36H22. The van der Waals surface area contributed by atoms with Crippen LogP contribution >= 0.6 is 0 Å². The second-order valence-corrected chi connectivity index (χ2v) is 9.68. The Balaban J connectivity index is 1.74. The highest BCUT2D eigenvalue weighted by atomic mass is 14.2. The van der Waals surface area contributed by atoms with Crippen molar-refractivity contribution in [2.75, 3.05) is 0 Å². The number of benzene rings is 8. The van der Waals surface area contributed by atoms with Crippen LogP contribution in [0.2, 0.25) is 0 Å². The second kappa shape index (κ2) is 7.41. The van der Waals surface area contributed by atoms with Crippen LogP contribution in [0.3, 0.4) is 0 Å². The van der Waals surface area contributed by atoms with Crippen LogP contribution in [0.15, 0.2) is 133 Å². The lowest BCUT2D eigenvalue weighted by Gasteiger charge is -2.21. The highest BCUT2D eigenvalue weighted by Gasteiger charge is 2.20. The summed E-state index contributed by atoms with van der Waals surface area (Å²) in [5.74, 6) is 0. The monoisotopic (exact) mass is 454 g/mol. The minimum Gasteiger partial charge on any atom is -0.0622 e. The third-order valence-electron chi connectivity index (χ3n) is 7.78. The Hall–Kier alpha value is -4.68. The van der Waals surface area contributed by atoms with E-state index in [0.29, 0.717) is 0 Å². The van der Waals surface area contributed by atoms with Crippen LogP contribution in [0.1, 0.15) is 0 Å². The van der Waals surface area contributed by atoms with Crippen molar-refractivity contribution in [1.82, 2.24) is 0 Å². The summed E-state index contributed by atoms with van der Waals surface area (Å²) < 4.78 is 0. The van der Waals surface area contributed by atoms with Crippen LogP contribution in [0.5, 0.6) is 0 Å². The molecule has 0 aliphatic carbocycles. The molecule has 0 bridgehead atoms. The molecule has 0 N–H and O–H groups in total. The van der Waals surface area contributed by atoms with Crippen LogP contribution in [0.25, 0.3) is 76.1 Å². The normalized spacial score (nSPS) is 11.9. The van der Waals surface area contributed by atoms with E-state index in [1.165, 1.54) is 76.1 Å². The first-order valence-corrected chi connectivity index (χ1v) is 12.5. The van der Waals surface area contributed by atoms with Gasteiger partial charge in [-0.1, -0.05) is 127 Å². The standard InChI is InChI=1S/C36H22/c1-3-10-23(11-4-1)28-19-18-25-15-9-17-30-32-22-26-14-7-8-16-27(26)31-21-20-29(24-12-5-2-6-13-24)36(34(31)32)35(28)33(25)30/h1-22H. The zero-order chi connectivity index (χ0) is 23.6. The number of fused-ring (bicyclic) bond motifs is 4. The average molecular weight is 455 g/mol. The van der Waals surface area contributed by atoms with Gasteiger partial charge in [-0.25, -0.2) is 0 Å². The molecule has 0 aliphatic rings. The van der Waals surface area contributed by atoms with E-state index < -0.39 is 0 Å². The van der Waals surface area contributed by atoms with Gasteiger partial charge in [0, 0.05) is 0 Å². The quantitative estimate of drug-likeness (QED) is 0.180. The molecule has 0 saturated heterocycles. The van der Waals surface area contributed by atoms with Crippen LogP contribution < -0.4 is 0 Å². The molecule has 8 rings (SSSR count). The molecule has 0 unspecified atom stereocenters. The lowest BCUT2D eigenvalue weighted by Crippen LogP contribution is -1.93. The first-order valence-electron chi connectivity index (χ1n) is 12.5. The van der Waals surface area contributed by atoms with Gasteiger partial charge >= 0.3 is 0 Å². The fourth-order valence-electron chi connectivity index (χ4n) is 6.25. The molecular weight excluding hydrogens is 432 g/mol. The molecule has 0 saturated carbocycles. The third kappa shape index (κ3) is 2.64. The predicted octanol–water partition coefficient (Wildman–Crippen LogP) is 10.2. The summed E-state index contributed by atoms with van der Waals surface area (Å²) in [7, 11) is 0. The van der Waals surface area contributed by atoms with E-state index in [9.17, 15) is 0 Å². The summed E-state index contributed by atoms with van der Waals surface area (Å²) in [6.07, 6.45) is 0. The van der Waals surface area contributed by atoms with Crippen molar-refractivity contribution >= 4 is 53.9 Å². The molecule has 0 amide bonds. The first-order chi connectivity index (χ1) is 17.9. The van der Waals surface area contributed by atoms with E-state index >= 15 is 0 Å². The van der Waals surface area contributed by atoms with Crippen molar-refractivity contribution in [3.05, 3.63) is 133 Å². The molecule has 0 atom stereocenters. The Morgan fingerprint density at radius 1 is 0.278 bits per heavy atom. The fraction of sp³-hybridized carbons (Fsp3) is 0. The molecule has 8 aromatic carbocycles. The molecule has 166 valence electrons. The lowest BCUT2D eigenvalue weighted by molar-refractivity contribution is 1.66. The first kappa shape index (κ1) is 19.6. The number of hydrogen-bond acceptors (Lipinski definition) is 0. The van der Waals surface area contributed by atoms with Gasteiger partial charge in [0.2, 0.25) is 0 Å². The summed E-state index contributed by atoms with van der Waals surface area (Å²) in [6.45, 7) is 0. The topological polar surface area (TPSA) is 0 Å². The maximum Gasteiger partial charge on any atom is -0.000763 e. The smallest absolute Gasteiger partial charge is 0.000763 e. The largest absolute Gasteiger partial charge is 0.0622 e. The van der Waals surface area contributed by atoms with Crippen molar-refractivity contribution in [3.8, 4) is 22.3 Å². The van der Waals surface area contributed by atoms with E-state index in [0.717, 1.165) is 0 Å². The van der Waals surface area contributed by atoms with Gasteiger partial charge in [0.05, 0.1) is 0 Å². The van der Waals surface area contributed by atoms with Gasteiger partial charge in [-0.15, -0.1) is 0 Å². The van der Waals surface area contributed by atoms with E-state index in [-0.39, 0.29) is 0 Å². The van der Waals surface area contributed by atoms with Gasteiger partial charge in [0.15, 0.2) is 0 Å². The Morgan fingerprint density at radius 2 is 0.833 bits per heavy atom. The van der Waals surface area contributed by atoms with Gasteiger partial charge in [-0.05, 0) is 82.2 Å². The summed E-state index contributed by atoms with van der Waals surface area (Å²) >= 11 is 0. The summed E-state index contributed by atoms with van der Waals surface area (Å²) in [6, 6.07) is 49.0. The molecule has 0 heteroatoms. The van der Waals surface area contributed by atoms with Gasteiger partial charge in [-0.3, -0.25) is 0 Å². The molecule has 0 radical (unpaired) electrons. The molecule has 0 heterocycles. The maximum absolute atomic E-state index is 2.41. The van der Waals surface area contributed by atoms with E-state index in [1.807, 2.05) is 0 Å². The molecule has 8 aromatic rings. The van der Waals surface area contributed by atoms with Crippen LogP contribution in [-0.2, 0) is 0 Å². The lowest BCUT2D eigenvalue weighted by atomic mass is 9.82. The SMILES string of the molecule is c1ccc(-c2ccc3cccc4c5cc6ccccc6c6ccc(-c7ccccc7)c(c2c34)c65)cc1. The summed E-state index contributed by atoms with van der Waals surface area (Å²) in [5.41, 5.74) is 5.09. The second-order valence-electron chi connectivity index (χ2n) is 9.68. The van der Waals surface area contributed by atoms with Crippen molar-refractivity contribution in [1.29, 1.82) is 0 Å². The molecule has 0 aromatic heterocycles. The highest BCUT2D eigenvalue weighted by Crippen LogP contribution is 2.48. The highest BCUT2D eigenvalue weighted by molar-refractivity contribution is 6.40. The van der Waals surface area contributed by atoms with Crippen LogP contribution in [-0.4, -0.2) is 0 Å². The third-order valence-corrected chi connectivity index (χ3v) is 7.78. The van der Waals surface area contributed by atoms with E-state index in [2.05, 4.69) is 133 Å². The Kier molecular flexibility index (Phi) is 4.03. The van der Waals surface area contributed by atoms with Crippen molar-refractivity contribution in [3.63, 3.8) is 0 Å². The van der Waals surface area contributed by atoms with Crippen molar-refractivity contribution in [2.24, 2.45) is 0 Å². The van der Waals surface area contributed by atoms with Gasteiger partial charge in [0.25, 0.3) is 0 Å². The predicted molar refractivity (Wildman–Crippen MR) is 156 cm³/mol. The molecule has 0 spiro atoms. The summed E-state index contributed by atoms with van der Waals surface area (Å²) in [5, 5.41) is 13.3. The Morgan fingerprint density at radius 3 is 1.58 bits per heavy atom. The minimum atomic E-state index is 1.25. The average Bonchev–Trinajstić information content (AvgIpc) is 2.96. The van der Waals surface area contributed by atoms with E-state index in [4.69, 9.17) is 0 Å². The van der Waals surface area contributed by atoms with E-state index in [1.54, 1.807) is 0 Å². The number of hydrogen-bond donors (Lipinski definition) is 0. The molecule has 0 aliphatic heterocycles. The number of rotatable bonds is 2. The molecule has 0 fully saturated rings. The minimum absolute atomic E-state index is 1.25. The Labute approximate surface area is 209 Å². The van der Waals surface area contributed by atoms with Crippen molar-refractivity contribution < 1.29 is 0 Å². The van der Waals surface area contributed by atoms with Gasteiger partial charge in [0.1, 0.15) is 0 Å². The fourth-order valence-corrected chi connectivity index (χ4v) is 6.25.